The molecule has 2 heterocycles. The van der Waals surface area contributed by atoms with Crippen LogP contribution in [0.3, 0.4) is 0 Å². The van der Waals surface area contributed by atoms with Gasteiger partial charge in [-0.05, 0) is 51.8 Å². The minimum Gasteiger partial charge on any atom is -0.367 e. The molecule has 1 aliphatic heterocycles. The van der Waals surface area contributed by atoms with E-state index in [1.54, 1.807) is 0 Å². The maximum absolute atomic E-state index is 4.59. The predicted molar refractivity (Wildman–Crippen MR) is 86.1 cm³/mol. The minimum absolute atomic E-state index is 0.481. The van der Waals surface area contributed by atoms with Gasteiger partial charge in [-0.15, -0.1) is 0 Å². The second kappa shape index (κ2) is 7.63. The Bertz CT molecular complexity index is 405. The number of likely N-dealkylation sites (tertiary alicyclic amines) is 1. The zero-order valence-corrected chi connectivity index (χ0v) is 13.2. The van der Waals surface area contributed by atoms with Crippen LogP contribution in [0.1, 0.15) is 64.5 Å². The molecular weight excluding hydrogens is 246 g/mol. The summed E-state index contributed by atoms with van der Waals surface area (Å²) >= 11 is 0. The first-order valence-electron chi connectivity index (χ1n) is 8.21. The molecule has 0 saturated carbocycles. The van der Waals surface area contributed by atoms with Crippen molar-refractivity contribution in [3.05, 3.63) is 23.9 Å². The van der Waals surface area contributed by atoms with E-state index in [1.807, 2.05) is 6.20 Å². The van der Waals surface area contributed by atoms with E-state index in [2.05, 4.69) is 48.1 Å². The van der Waals surface area contributed by atoms with Crippen molar-refractivity contribution in [2.24, 2.45) is 0 Å². The average Bonchev–Trinajstić information content (AvgIpc) is 2.93. The van der Waals surface area contributed by atoms with Gasteiger partial charge in [0.2, 0.25) is 0 Å². The number of hydrogen-bond donors (Lipinski definition) is 1. The van der Waals surface area contributed by atoms with Gasteiger partial charge in [0.1, 0.15) is 5.82 Å². The summed E-state index contributed by atoms with van der Waals surface area (Å²) in [7, 11) is 0. The summed E-state index contributed by atoms with van der Waals surface area (Å²) in [6.45, 7) is 9.16. The number of pyridine rings is 1. The second-order valence-electron chi connectivity index (χ2n) is 5.94. The third kappa shape index (κ3) is 3.72. The summed E-state index contributed by atoms with van der Waals surface area (Å²) in [6.07, 6.45) is 8.18. The Labute approximate surface area is 123 Å². The summed E-state index contributed by atoms with van der Waals surface area (Å²) in [5.41, 5.74) is 1.39. The predicted octanol–water partition coefficient (Wildman–Crippen LogP) is 4.23. The van der Waals surface area contributed by atoms with Gasteiger partial charge in [-0.3, -0.25) is 4.90 Å². The number of anilines is 1. The van der Waals surface area contributed by atoms with E-state index >= 15 is 0 Å². The Kier molecular flexibility index (Phi) is 5.84. The molecule has 20 heavy (non-hydrogen) atoms. The summed E-state index contributed by atoms with van der Waals surface area (Å²) in [6, 6.07) is 5.37. The van der Waals surface area contributed by atoms with Crippen molar-refractivity contribution >= 4 is 5.82 Å². The zero-order chi connectivity index (χ0) is 14.4. The highest BCUT2D eigenvalue weighted by atomic mass is 15.2. The van der Waals surface area contributed by atoms with Gasteiger partial charge in [-0.1, -0.05) is 26.3 Å². The average molecular weight is 275 g/mol. The van der Waals surface area contributed by atoms with Crippen molar-refractivity contribution in [1.29, 1.82) is 0 Å². The molecular formula is C17H29N3. The van der Waals surface area contributed by atoms with Crippen molar-refractivity contribution in [1.82, 2.24) is 9.88 Å². The molecule has 0 radical (unpaired) electrons. The minimum atomic E-state index is 0.481. The highest BCUT2D eigenvalue weighted by Crippen LogP contribution is 2.35. The number of unbranched alkanes of at least 4 members (excludes halogenated alkanes) is 1. The maximum Gasteiger partial charge on any atom is 0.130 e. The molecule has 0 aliphatic carbocycles. The molecule has 2 atom stereocenters. The molecule has 112 valence electrons. The summed E-state index contributed by atoms with van der Waals surface area (Å²) < 4.78 is 0. The number of hydrogen-bond acceptors (Lipinski definition) is 3. The molecule has 0 aromatic carbocycles. The lowest BCUT2D eigenvalue weighted by atomic mass is 10.0. The molecule has 2 unspecified atom stereocenters. The van der Waals surface area contributed by atoms with Crippen molar-refractivity contribution < 1.29 is 0 Å². The van der Waals surface area contributed by atoms with Crippen LogP contribution < -0.4 is 5.32 Å². The zero-order valence-electron chi connectivity index (χ0n) is 13.2. The lowest BCUT2D eigenvalue weighted by molar-refractivity contribution is 0.253. The van der Waals surface area contributed by atoms with Crippen LogP contribution in [-0.2, 0) is 0 Å². The van der Waals surface area contributed by atoms with E-state index in [4.69, 9.17) is 0 Å². The number of rotatable bonds is 7. The van der Waals surface area contributed by atoms with E-state index < -0.39 is 0 Å². The first-order valence-corrected chi connectivity index (χ1v) is 8.21. The van der Waals surface area contributed by atoms with Crippen LogP contribution in [0.2, 0.25) is 0 Å². The lowest BCUT2D eigenvalue weighted by Gasteiger charge is -2.27. The molecule has 1 saturated heterocycles. The monoisotopic (exact) mass is 275 g/mol. The molecule has 3 heteroatoms. The van der Waals surface area contributed by atoms with Crippen LogP contribution in [0.25, 0.3) is 0 Å². The third-order valence-electron chi connectivity index (χ3n) is 4.36. The third-order valence-corrected chi connectivity index (χ3v) is 4.36. The fourth-order valence-corrected chi connectivity index (χ4v) is 2.95. The van der Waals surface area contributed by atoms with Crippen LogP contribution >= 0.6 is 0 Å². The van der Waals surface area contributed by atoms with E-state index in [-0.39, 0.29) is 0 Å². The van der Waals surface area contributed by atoms with E-state index in [0.717, 1.165) is 12.2 Å². The Balaban J connectivity index is 2.14. The highest BCUT2D eigenvalue weighted by molar-refractivity contribution is 5.46. The molecule has 1 fully saturated rings. The van der Waals surface area contributed by atoms with Crippen molar-refractivity contribution in [2.45, 2.75) is 65.0 Å². The normalized spacial score (nSPS) is 21.1. The summed E-state index contributed by atoms with van der Waals surface area (Å²) in [5, 5.41) is 3.58. The van der Waals surface area contributed by atoms with Crippen LogP contribution in [0.4, 0.5) is 5.82 Å². The van der Waals surface area contributed by atoms with Gasteiger partial charge in [0, 0.05) is 23.8 Å². The Hall–Kier alpha value is -1.09. The SMILES string of the molecule is CCCCN1CCCC1c1cccnc1NC(C)CC. The standard InChI is InChI=1S/C17H29N3/c1-4-6-12-20-13-8-10-16(20)15-9-7-11-18-17(15)19-14(3)5-2/h7,9,11,14,16H,4-6,8,10,12-13H2,1-3H3,(H,18,19). The fraction of sp³-hybridized carbons (Fsp3) is 0.706. The first-order chi connectivity index (χ1) is 9.76. The smallest absolute Gasteiger partial charge is 0.130 e. The fourth-order valence-electron chi connectivity index (χ4n) is 2.95. The molecule has 0 amide bonds. The largest absolute Gasteiger partial charge is 0.367 e. The van der Waals surface area contributed by atoms with Gasteiger partial charge in [0.15, 0.2) is 0 Å². The Morgan fingerprint density at radius 2 is 2.30 bits per heavy atom. The molecule has 1 N–H and O–H groups in total. The second-order valence-corrected chi connectivity index (χ2v) is 5.94. The topological polar surface area (TPSA) is 28.2 Å². The van der Waals surface area contributed by atoms with Crippen LogP contribution in [-0.4, -0.2) is 29.0 Å². The maximum atomic E-state index is 4.59. The molecule has 1 aromatic rings. The number of aromatic nitrogens is 1. The number of nitrogens with one attached hydrogen (secondary N) is 1. The molecule has 1 aliphatic rings. The van der Waals surface area contributed by atoms with E-state index in [1.165, 1.54) is 44.3 Å². The molecule has 3 nitrogen and oxygen atoms in total. The Morgan fingerprint density at radius 3 is 3.05 bits per heavy atom. The quantitative estimate of drug-likeness (QED) is 0.807. The lowest BCUT2D eigenvalue weighted by Crippen LogP contribution is -2.26. The van der Waals surface area contributed by atoms with Crippen molar-refractivity contribution in [3.8, 4) is 0 Å². The summed E-state index contributed by atoms with van der Waals surface area (Å²) in [5.74, 6) is 1.09. The van der Waals surface area contributed by atoms with Crippen molar-refractivity contribution in [2.75, 3.05) is 18.4 Å². The van der Waals surface area contributed by atoms with E-state index in [0.29, 0.717) is 12.1 Å². The molecule has 0 spiro atoms. The van der Waals surface area contributed by atoms with Crippen molar-refractivity contribution in [3.63, 3.8) is 0 Å². The molecule has 0 bridgehead atoms. The van der Waals surface area contributed by atoms with Gasteiger partial charge in [-0.25, -0.2) is 4.98 Å². The number of nitrogens with zero attached hydrogens (tertiary/aromatic N) is 2. The van der Waals surface area contributed by atoms with Crippen LogP contribution in [0.5, 0.6) is 0 Å². The van der Waals surface area contributed by atoms with Crippen LogP contribution in [0.15, 0.2) is 18.3 Å². The van der Waals surface area contributed by atoms with E-state index in [9.17, 15) is 0 Å². The molecule has 2 rings (SSSR count). The molecule has 1 aromatic heterocycles. The van der Waals surface area contributed by atoms with Gasteiger partial charge >= 0.3 is 0 Å². The van der Waals surface area contributed by atoms with Gasteiger partial charge in [0.25, 0.3) is 0 Å². The first kappa shape index (κ1) is 15.3. The summed E-state index contributed by atoms with van der Waals surface area (Å²) in [4.78, 5) is 7.23. The van der Waals surface area contributed by atoms with Crippen LogP contribution in [0, 0.1) is 0 Å². The van der Waals surface area contributed by atoms with Gasteiger partial charge in [-0.2, -0.15) is 0 Å². The highest BCUT2D eigenvalue weighted by Gasteiger charge is 2.27. The Morgan fingerprint density at radius 1 is 1.45 bits per heavy atom. The van der Waals surface area contributed by atoms with Gasteiger partial charge in [0.05, 0.1) is 0 Å². The van der Waals surface area contributed by atoms with Gasteiger partial charge < -0.3 is 5.32 Å².